The van der Waals surface area contributed by atoms with E-state index in [1.807, 2.05) is 0 Å². The van der Waals surface area contributed by atoms with Crippen molar-refractivity contribution < 1.29 is 49.0 Å². The number of carboxylic acid groups (broad SMARTS) is 1. The summed E-state index contributed by atoms with van der Waals surface area (Å²) in [5.74, 6) is -1.16. The summed E-state index contributed by atoms with van der Waals surface area (Å²) in [6.07, 6.45) is 5.77. The van der Waals surface area contributed by atoms with Gasteiger partial charge < -0.3 is 14.6 Å². The van der Waals surface area contributed by atoms with E-state index in [0.717, 1.165) is 19.3 Å². The Labute approximate surface area is 141 Å². The van der Waals surface area contributed by atoms with Crippen molar-refractivity contribution in [3.05, 3.63) is 29.8 Å². The first-order chi connectivity index (χ1) is 9.13. The first-order valence-electron chi connectivity index (χ1n) is 6.65. The molecule has 4 nitrogen and oxygen atoms in total. The van der Waals surface area contributed by atoms with E-state index < -0.39 is 5.97 Å². The van der Waals surface area contributed by atoms with E-state index in [0.29, 0.717) is 12.2 Å². The summed E-state index contributed by atoms with van der Waals surface area (Å²) in [4.78, 5) is 22.1. The summed E-state index contributed by atoms with van der Waals surface area (Å²) in [5.41, 5.74) is 0.0689. The van der Waals surface area contributed by atoms with Gasteiger partial charge in [0, 0.05) is 6.42 Å². The summed E-state index contributed by atoms with van der Waals surface area (Å²) in [6, 6.07) is 5.64. The zero-order chi connectivity index (χ0) is 14.1. The second kappa shape index (κ2) is 10.9. The van der Waals surface area contributed by atoms with Crippen LogP contribution in [0.2, 0.25) is 0 Å². The molecular weight excluding hydrogens is 267 g/mol. The van der Waals surface area contributed by atoms with Gasteiger partial charge in [-0.3, -0.25) is 4.79 Å². The van der Waals surface area contributed by atoms with Crippen molar-refractivity contribution in [2.24, 2.45) is 0 Å². The van der Waals surface area contributed by atoms with Gasteiger partial charge in [-0.2, -0.15) is 0 Å². The summed E-state index contributed by atoms with van der Waals surface area (Å²) >= 11 is 0. The van der Waals surface area contributed by atoms with Gasteiger partial charge in [0.25, 0.3) is 0 Å². The molecule has 0 heterocycles. The zero-order valence-electron chi connectivity index (χ0n) is 12.2. The Hall–Kier alpha value is -0.840. The van der Waals surface area contributed by atoms with Crippen molar-refractivity contribution in [2.75, 3.05) is 0 Å². The third-order valence-corrected chi connectivity index (χ3v) is 2.81. The summed E-state index contributed by atoms with van der Waals surface area (Å²) in [7, 11) is 0. The van der Waals surface area contributed by atoms with Crippen molar-refractivity contribution in [1.82, 2.24) is 0 Å². The minimum atomic E-state index is -1.24. The average molecular weight is 286 g/mol. The molecule has 0 bridgehead atoms. The van der Waals surface area contributed by atoms with Crippen molar-refractivity contribution in [3.8, 4) is 5.75 Å². The molecule has 0 aliphatic carbocycles. The first kappa shape index (κ1) is 19.2. The number of hydrogen-bond acceptors (Lipinski definition) is 4. The second-order valence-corrected chi connectivity index (χ2v) is 4.45. The maximum absolute atomic E-state index is 11.5. The van der Waals surface area contributed by atoms with Gasteiger partial charge in [-0.1, -0.05) is 32.6 Å². The largest absolute Gasteiger partial charge is 1.00 e. The summed E-state index contributed by atoms with van der Waals surface area (Å²) in [6.45, 7) is 2.14. The predicted molar refractivity (Wildman–Crippen MR) is 69.8 cm³/mol. The van der Waals surface area contributed by atoms with Crippen LogP contribution in [0, 0.1) is 0 Å². The molecule has 104 valence electrons. The van der Waals surface area contributed by atoms with Gasteiger partial charge in [-0.25, -0.2) is 0 Å². The molecule has 5 heteroatoms. The minimum Gasteiger partial charge on any atom is -0.545 e. The molecule has 0 amide bonds. The van der Waals surface area contributed by atoms with Crippen LogP contribution in [0.1, 0.15) is 55.8 Å². The molecule has 0 unspecified atom stereocenters. The number of aromatic carboxylic acids is 1. The number of esters is 1. The van der Waals surface area contributed by atoms with E-state index in [1.54, 1.807) is 0 Å². The number of carboxylic acids is 1. The molecule has 0 saturated heterocycles. The van der Waals surface area contributed by atoms with E-state index in [9.17, 15) is 14.7 Å². The molecule has 0 radical (unpaired) electrons. The van der Waals surface area contributed by atoms with Gasteiger partial charge in [-0.15, -0.1) is 0 Å². The van der Waals surface area contributed by atoms with E-state index in [1.165, 1.54) is 37.1 Å². The van der Waals surface area contributed by atoms with Crippen LogP contribution < -0.4 is 39.4 Å². The van der Waals surface area contributed by atoms with Gasteiger partial charge in [0.05, 0.1) is 5.97 Å². The molecule has 0 fully saturated rings. The van der Waals surface area contributed by atoms with Crippen LogP contribution in [0.3, 0.4) is 0 Å². The van der Waals surface area contributed by atoms with Gasteiger partial charge in [0.1, 0.15) is 5.75 Å². The molecule has 20 heavy (non-hydrogen) atoms. The smallest absolute Gasteiger partial charge is 0.545 e. The van der Waals surface area contributed by atoms with Crippen molar-refractivity contribution in [2.45, 2.75) is 45.4 Å². The SMILES string of the molecule is CCCCCCCC(=O)Oc1ccc(C(=O)[O-])cc1.[Na+]. The van der Waals surface area contributed by atoms with Crippen LogP contribution in [0.15, 0.2) is 24.3 Å². The molecule has 0 N–H and O–H groups in total. The predicted octanol–water partition coefficient (Wildman–Crippen LogP) is -0.680. The van der Waals surface area contributed by atoms with Crippen molar-refractivity contribution in [3.63, 3.8) is 0 Å². The van der Waals surface area contributed by atoms with Gasteiger partial charge >= 0.3 is 35.5 Å². The van der Waals surface area contributed by atoms with Gasteiger partial charge in [-0.05, 0) is 36.2 Å². The maximum atomic E-state index is 11.5. The monoisotopic (exact) mass is 286 g/mol. The Morgan fingerprint density at radius 3 is 2.20 bits per heavy atom. The van der Waals surface area contributed by atoms with Crippen LogP contribution in [-0.2, 0) is 4.79 Å². The first-order valence-corrected chi connectivity index (χ1v) is 6.65. The number of rotatable bonds is 8. The van der Waals surface area contributed by atoms with E-state index >= 15 is 0 Å². The third kappa shape index (κ3) is 7.68. The Kier molecular flexibility index (Phi) is 10.4. The Balaban J connectivity index is 0.00000361. The molecule has 1 aromatic carbocycles. The summed E-state index contributed by atoms with van der Waals surface area (Å²) in [5, 5.41) is 10.5. The second-order valence-electron chi connectivity index (χ2n) is 4.45. The molecule has 0 aromatic heterocycles. The minimum absolute atomic E-state index is 0. The molecule has 0 atom stereocenters. The maximum Gasteiger partial charge on any atom is 1.00 e. The topological polar surface area (TPSA) is 66.4 Å². The van der Waals surface area contributed by atoms with Crippen molar-refractivity contribution in [1.29, 1.82) is 0 Å². The van der Waals surface area contributed by atoms with Crippen molar-refractivity contribution >= 4 is 11.9 Å². The van der Waals surface area contributed by atoms with Crippen LogP contribution in [0.25, 0.3) is 0 Å². The van der Waals surface area contributed by atoms with Gasteiger partial charge in [0.2, 0.25) is 0 Å². The zero-order valence-corrected chi connectivity index (χ0v) is 14.2. The fraction of sp³-hybridized carbons (Fsp3) is 0.467. The van der Waals surface area contributed by atoms with Crippen LogP contribution >= 0.6 is 0 Å². The Morgan fingerprint density at radius 2 is 1.65 bits per heavy atom. The quantitative estimate of drug-likeness (QED) is 0.275. The molecule has 0 aliphatic rings. The number of hydrogen-bond donors (Lipinski definition) is 0. The van der Waals surface area contributed by atoms with Crippen LogP contribution in [0.4, 0.5) is 0 Å². The fourth-order valence-corrected chi connectivity index (χ4v) is 1.71. The van der Waals surface area contributed by atoms with Crippen LogP contribution in [-0.4, -0.2) is 11.9 Å². The van der Waals surface area contributed by atoms with E-state index in [4.69, 9.17) is 4.74 Å². The fourth-order valence-electron chi connectivity index (χ4n) is 1.71. The number of carbonyl (C=O) groups excluding carboxylic acids is 2. The molecule has 1 rings (SSSR count). The van der Waals surface area contributed by atoms with E-state index in [2.05, 4.69) is 6.92 Å². The molecule has 0 spiro atoms. The average Bonchev–Trinajstić information content (AvgIpc) is 2.39. The van der Waals surface area contributed by atoms with E-state index in [-0.39, 0.29) is 41.1 Å². The number of ether oxygens (including phenoxy) is 1. The molecule has 1 aromatic rings. The number of unbranched alkanes of at least 4 members (excludes halogenated alkanes) is 4. The normalized spacial score (nSPS) is 9.65. The molecule has 0 aliphatic heterocycles. The standard InChI is InChI=1S/C15H20O4.Na/c1-2-3-4-5-6-7-14(16)19-13-10-8-12(9-11-13)15(17)18;/h8-11H,2-7H2,1H3,(H,17,18);/q;+1/p-1. The Bertz CT molecular complexity index is 414. The Morgan fingerprint density at radius 1 is 1.05 bits per heavy atom. The molecular formula is C15H19NaO4. The number of benzene rings is 1. The van der Waals surface area contributed by atoms with Crippen LogP contribution in [0.5, 0.6) is 5.75 Å². The molecule has 0 saturated carbocycles. The summed E-state index contributed by atoms with van der Waals surface area (Å²) < 4.78 is 5.10. The number of carbonyl (C=O) groups is 2. The third-order valence-electron chi connectivity index (χ3n) is 2.81. The van der Waals surface area contributed by atoms with Gasteiger partial charge in [0.15, 0.2) is 0 Å².